The van der Waals surface area contributed by atoms with Gasteiger partial charge in [-0.2, -0.15) is 0 Å². The first-order chi connectivity index (χ1) is 8.01. The second kappa shape index (κ2) is 4.94. The molecule has 2 unspecified atom stereocenters. The van der Waals surface area contributed by atoms with Gasteiger partial charge in [0.25, 0.3) is 0 Å². The quantitative estimate of drug-likeness (QED) is 0.767. The number of hydrogen-bond donors (Lipinski definition) is 1. The lowest BCUT2D eigenvalue weighted by atomic mass is 9.88. The second-order valence-electron chi connectivity index (χ2n) is 6.49. The third kappa shape index (κ3) is 2.78. The summed E-state index contributed by atoms with van der Waals surface area (Å²) in [6, 6.07) is 0.383. The van der Waals surface area contributed by atoms with Gasteiger partial charge in [0.05, 0.1) is 5.66 Å². The maximum Gasteiger partial charge on any atom is 0.173 e. The lowest BCUT2D eigenvalue weighted by Crippen LogP contribution is -2.58. The van der Waals surface area contributed by atoms with Gasteiger partial charge in [-0.1, -0.05) is 0 Å². The molecule has 18 heavy (non-hydrogen) atoms. The molecule has 0 radical (unpaired) electrons. The van der Waals surface area contributed by atoms with Gasteiger partial charge in [-0.15, -0.1) is 0 Å². The predicted octanol–water partition coefficient (Wildman–Crippen LogP) is 1.31. The average Bonchev–Trinajstić information content (AvgIpc) is 2.28. The zero-order valence-corrected chi connectivity index (χ0v) is 13.6. The van der Waals surface area contributed by atoms with E-state index in [1.54, 1.807) is 0 Å². The molecule has 0 aromatic heterocycles. The summed E-state index contributed by atoms with van der Waals surface area (Å²) in [6.45, 7) is 9.58. The Bertz CT molecular complexity index is 327. The van der Waals surface area contributed by atoms with Crippen molar-refractivity contribution in [3.8, 4) is 0 Å². The Morgan fingerprint density at radius 2 is 1.83 bits per heavy atom. The van der Waals surface area contributed by atoms with E-state index in [4.69, 9.17) is 18.0 Å². The van der Waals surface area contributed by atoms with Gasteiger partial charge in [-0.3, -0.25) is 0 Å². The van der Waals surface area contributed by atoms with Crippen LogP contribution in [0, 0.1) is 0 Å². The minimum atomic E-state index is -0.417. The normalized spacial score (nSPS) is 34.4. The molecule has 0 amide bonds. The summed E-state index contributed by atoms with van der Waals surface area (Å²) in [5.74, 6) is 0. The van der Waals surface area contributed by atoms with Crippen LogP contribution < -0.4 is 5.73 Å². The fourth-order valence-corrected chi connectivity index (χ4v) is 2.98. The molecule has 106 valence electrons. The molecule has 1 aliphatic heterocycles. The number of nitrogens with two attached hydrogens (primary N) is 1. The largest absolute Gasteiger partial charge is 0.345 e. The Labute approximate surface area is 117 Å². The van der Waals surface area contributed by atoms with Gasteiger partial charge in [0.15, 0.2) is 5.11 Å². The van der Waals surface area contributed by atoms with Crippen LogP contribution in [-0.4, -0.2) is 64.7 Å². The van der Waals surface area contributed by atoms with Crippen LogP contribution in [0.25, 0.3) is 0 Å². The fraction of sp³-hybridized carbons (Fsp3) is 0.923. The molecule has 1 saturated heterocycles. The fourth-order valence-electron chi connectivity index (χ4n) is 2.49. The van der Waals surface area contributed by atoms with Crippen molar-refractivity contribution in [1.29, 1.82) is 0 Å². The first-order valence-corrected chi connectivity index (χ1v) is 6.93. The first kappa shape index (κ1) is 15.7. The van der Waals surface area contributed by atoms with Crippen LogP contribution in [0.5, 0.6) is 0 Å². The zero-order valence-electron chi connectivity index (χ0n) is 12.8. The Morgan fingerprint density at radius 1 is 1.33 bits per heavy atom. The van der Waals surface area contributed by atoms with Crippen LogP contribution in [-0.2, 0) is 0 Å². The highest BCUT2D eigenvalue weighted by Crippen LogP contribution is 2.31. The summed E-state index contributed by atoms with van der Waals surface area (Å²) in [7, 11) is 6.23. The standard InChI is InChI=1S/C13H28N4S/c1-10(2)17-9-12(3,15(5)6)8-13(4,14)16(7)11(17)18/h10H,8-9,14H2,1-7H3. The molecule has 0 bridgehead atoms. The smallest absolute Gasteiger partial charge is 0.173 e. The third-order valence-corrected chi connectivity index (χ3v) is 4.76. The minimum Gasteiger partial charge on any atom is -0.345 e. The summed E-state index contributed by atoms with van der Waals surface area (Å²) < 4.78 is 0. The molecular weight excluding hydrogens is 244 g/mol. The molecule has 0 aliphatic carbocycles. The van der Waals surface area contributed by atoms with Crippen LogP contribution in [0.1, 0.15) is 34.1 Å². The first-order valence-electron chi connectivity index (χ1n) is 6.52. The molecule has 0 saturated carbocycles. The van der Waals surface area contributed by atoms with E-state index < -0.39 is 5.66 Å². The number of rotatable bonds is 2. The van der Waals surface area contributed by atoms with Gasteiger partial charge in [0, 0.05) is 31.6 Å². The number of likely N-dealkylation sites (N-methyl/N-ethyl adjacent to an activating group) is 1. The van der Waals surface area contributed by atoms with E-state index in [0.717, 1.165) is 18.1 Å². The molecule has 1 aliphatic rings. The van der Waals surface area contributed by atoms with Crippen molar-refractivity contribution in [2.45, 2.75) is 51.4 Å². The second-order valence-corrected chi connectivity index (χ2v) is 6.85. The highest BCUT2D eigenvalue weighted by molar-refractivity contribution is 7.80. The van der Waals surface area contributed by atoms with Gasteiger partial charge >= 0.3 is 0 Å². The molecule has 1 heterocycles. The van der Waals surface area contributed by atoms with E-state index in [1.807, 2.05) is 11.9 Å². The van der Waals surface area contributed by atoms with Gasteiger partial charge < -0.3 is 20.4 Å². The average molecular weight is 272 g/mol. The molecule has 0 aromatic rings. The lowest BCUT2D eigenvalue weighted by molar-refractivity contribution is 0.0885. The Balaban J connectivity index is 3.19. The summed E-state index contributed by atoms with van der Waals surface area (Å²) in [5, 5.41) is 0.848. The summed E-state index contributed by atoms with van der Waals surface area (Å²) >= 11 is 5.60. The van der Waals surface area contributed by atoms with E-state index in [0.29, 0.717) is 6.04 Å². The van der Waals surface area contributed by atoms with Crippen molar-refractivity contribution in [3.63, 3.8) is 0 Å². The third-order valence-electron chi connectivity index (χ3n) is 4.25. The summed E-state index contributed by atoms with van der Waals surface area (Å²) in [5.41, 5.74) is 6.07. The van der Waals surface area contributed by atoms with Crippen LogP contribution >= 0.6 is 12.2 Å². The Morgan fingerprint density at radius 3 is 2.22 bits per heavy atom. The number of nitrogens with zero attached hydrogens (tertiary/aromatic N) is 3. The molecule has 0 spiro atoms. The number of thiocarbonyl (C=S) groups is 1. The van der Waals surface area contributed by atoms with E-state index in [1.165, 1.54) is 0 Å². The lowest BCUT2D eigenvalue weighted by Gasteiger charge is -2.42. The van der Waals surface area contributed by atoms with Gasteiger partial charge in [-0.05, 0) is 54.0 Å². The summed E-state index contributed by atoms with van der Waals surface area (Å²) in [4.78, 5) is 6.57. The maximum atomic E-state index is 6.47. The van der Waals surface area contributed by atoms with Crippen molar-refractivity contribution in [1.82, 2.24) is 14.7 Å². The molecule has 2 N–H and O–H groups in total. The van der Waals surface area contributed by atoms with Gasteiger partial charge in [0.2, 0.25) is 0 Å². The summed E-state index contributed by atoms with van der Waals surface area (Å²) in [6.07, 6.45) is 0.882. The maximum absolute atomic E-state index is 6.47. The molecule has 2 atom stereocenters. The van der Waals surface area contributed by atoms with Crippen molar-refractivity contribution < 1.29 is 0 Å². The highest BCUT2D eigenvalue weighted by Gasteiger charge is 2.44. The van der Waals surface area contributed by atoms with Crippen molar-refractivity contribution in [2.24, 2.45) is 5.73 Å². The van der Waals surface area contributed by atoms with E-state index in [2.05, 4.69) is 51.6 Å². The Kier molecular flexibility index (Phi) is 4.30. The monoisotopic (exact) mass is 272 g/mol. The van der Waals surface area contributed by atoms with Gasteiger partial charge in [0.1, 0.15) is 0 Å². The Hall–Kier alpha value is -0.390. The van der Waals surface area contributed by atoms with E-state index >= 15 is 0 Å². The minimum absolute atomic E-state index is 0.0165. The van der Waals surface area contributed by atoms with Crippen LogP contribution in [0.15, 0.2) is 0 Å². The topological polar surface area (TPSA) is 35.7 Å². The van der Waals surface area contributed by atoms with Gasteiger partial charge in [-0.25, -0.2) is 0 Å². The molecular formula is C13H28N4S. The van der Waals surface area contributed by atoms with Crippen LogP contribution in [0.3, 0.4) is 0 Å². The van der Waals surface area contributed by atoms with Crippen molar-refractivity contribution in [2.75, 3.05) is 27.7 Å². The van der Waals surface area contributed by atoms with Crippen molar-refractivity contribution >= 4 is 17.3 Å². The molecule has 5 heteroatoms. The van der Waals surface area contributed by atoms with E-state index in [-0.39, 0.29) is 5.54 Å². The SMILES string of the molecule is CC(C)N1CC(C)(N(C)C)CC(C)(N)N(C)C1=S. The number of hydrogen-bond acceptors (Lipinski definition) is 3. The highest BCUT2D eigenvalue weighted by atomic mass is 32.1. The molecule has 4 nitrogen and oxygen atoms in total. The molecule has 0 aromatic carbocycles. The van der Waals surface area contributed by atoms with Crippen LogP contribution in [0.4, 0.5) is 0 Å². The molecule has 1 rings (SSSR count). The van der Waals surface area contributed by atoms with E-state index in [9.17, 15) is 0 Å². The zero-order chi connectivity index (χ0) is 14.3. The van der Waals surface area contributed by atoms with Crippen LogP contribution in [0.2, 0.25) is 0 Å². The van der Waals surface area contributed by atoms with Crippen molar-refractivity contribution in [3.05, 3.63) is 0 Å². The molecule has 1 fully saturated rings. The predicted molar refractivity (Wildman–Crippen MR) is 81.5 cm³/mol.